The standard InChI is InChI=1S/C25H32N4O2/c1-28(21-11-6-3-7-12-21)15-8-14-26-23(30)22-17-25(24(31)27-22)13-16-29(19-25)18-20-9-4-2-5-10-20/h2-7,9-12,22H,8,13-19H2,1H3,(H,26,30)(H,27,31)/t22-,25-/m0/s1. The third-order valence-electron chi connectivity index (χ3n) is 6.55. The molecule has 4 rings (SSSR count). The van der Waals surface area contributed by atoms with E-state index in [2.05, 4.69) is 51.7 Å². The second-order valence-electron chi connectivity index (χ2n) is 8.86. The fourth-order valence-electron chi connectivity index (χ4n) is 4.75. The van der Waals surface area contributed by atoms with Crippen molar-refractivity contribution >= 4 is 17.5 Å². The van der Waals surface area contributed by atoms with E-state index in [-0.39, 0.29) is 11.8 Å². The summed E-state index contributed by atoms with van der Waals surface area (Å²) >= 11 is 0. The molecule has 0 radical (unpaired) electrons. The van der Waals surface area contributed by atoms with Crippen molar-refractivity contribution in [2.75, 3.05) is 38.1 Å². The van der Waals surface area contributed by atoms with Gasteiger partial charge >= 0.3 is 0 Å². The molecule has 6 heteroatoms. The second-order valence-corrected chi connectivity index (χ2v) is 8.86. The van der Waals surface area contributed by atoms with Crippen molar-refractivity contribution in [2.45, 2.75) is 31.8 Å². The summed E-state index contributed by atoms with van der Waals surface area (Å²) in [5.41, 5.74) is 2.00. The first-order valence-corrected chi connectivity index (χ1v) is 11.2. The highest BCUT2D eigenvalue weighted by Crippen LogP contribution is 2.40. The van der Waals surface area contributed by atoms with Crippen LogP contribution in [-0.4, -0.2) is 56.0 Å². The van der Waals surface area contributed by atoms with Gasteiger partial charge in [-0.15, -0.1) is 0 Å². The first kappa shape index (κ1) is 21.4. The Labute approximate surface area is 184 Å². The van der Waals surface area contributed by atoms with Gasteiger partial charge in [0.2, 0.25) is 11.8 Å². The summed E-state index contributed by atoms with van der Waals surface area (Å²) < 4.78 is 0. The zero-order chi connectivity index (χ0) is 21.7. The van der Waals surface area contributed by atoms with Crippen molar-refractivity contribution in [3.8, 4) is 0 Å². The Morgan fingerprint density at radius 2 is 1.87 bits per heavy atom. The fraction of sp³-hybridized carbons (Fsp3) is 0.440. The summed E-state index contributed by atoms with van der Waals surface area (Å²) in [5.74, 6) is -0.0267. The van der Waals surface area contributed by atoms with Crippen LogP contribution in [0.2, 0.25) is 0 Å². The minimum Gasteiger partial charge on any atom is -0.375 e. The van der Waals surface area contributed by atoms with E-state index in [1.54, 1.807) is 0 Å². The van der Waals surface area contributed by atoms with Crippen LogP contribution in [0.5, 0.6) is 0 Å². The molecule has 1 spiro atoms. The van der Waals surface area contributed by atoms with E-state index in [9.17, 15) is 9.59 Å². The molecule has 2 heterocycles. The van der Waals surface area contributed by atoms with E-state index in [0.717, 1.165) is 39.0 Å². The maximum absolute atomic E-state index is 12.8. The number of hydrogen-bond donors (Lipinski definition) is 2. The van der Waals surface area contributed by atoms with Crippen LogP contribution in [0.1, 0.15) is 24.8 Å². The van der Waals surface area contributed by atoms with Crippen LogP contribution in [-0.2, 0) is 16.1 Å². The number of nitrogens with one attached hydrogen (secondary N) is 2. The minimum atomic E-state index is -0.426. The molecule has 2 aliphatic rings. The largest absolute Gasteiger partial charge is 0.375 e. The molecule has 2 aromatic carbocycles. The molecule has 2 aliphatic heterocycles. The van der Waals surface area contributed by atoms with E-state index in [4.69, 9.17) is 0 Å². The fourth-order valence-corrected chi connectivity index (χ4v) is 4.75. The molecule has 0 aromatic heterocycles. The number of amides is 2. The van der Waals surface area contributed by atoms with Crippen molar-refractivity contribution in [1.29, 1.82) is 0 Å². The number of hydrogen-bond acceptors (Lipinski definition) is 4. The van der Waals surface area contributed by atoms with Crippen LogP contribution in [0, 0.1) is 5.41 Å². The summed E-state index contributed by atoms with van der Waals surface area (Å²) in [6, 6.07) is 20.1. The van der Waals surface area contributed by atoms with Crippen LogP contribution in [0.4, 0.5) is 5.69 Å². The number of carbonyl (C=O) groups excluding carboxylic acids is 2. The number of benzene rings is 2. The van der Waals surface area contributed by atoms with Gasteiger partial charge < -0.3 is 15.5 Å². The third-order valence-corrected chi connectivity index (χ3v) is 6.55. The van der Waals surface area contributed by atoms with Crippen molar-refractivity contribution < 1.29 is 9.59 Å². The SMILES string of the molecule is CN(CCCNC(=O)[C@@H]1C[C@]2(CCN(Cc3ccccc3)C2)C(=O)N1)c1ccccc1. The molecule has 2 fully saturated rings. The molecule has 2 atom stereocenters. The highest BCUT2D eigenvalue weighted by molar-refractivity contribution is 5.94. The third kappa shape index (κ3) is 5.07. The van der Waals surface area contributed by atoms with Crippen LogP contribution >= 0.6 is 0 Å². The Hall–Kier alpha value is -2.86. The second kappa shape index (κ2) is 9.52. The van der Waals surface area contributed by atoms with Gasteiger partial charge in [-0.2, -0.15) is 0 Å². The van der Waals surface area contributed by atoms with Gasteiger partial charge in [-0.05, 0) is 43.5 Å². The average molecular weight is 421 g/mol. The molecule has 6 nitrogen and oxygen atoms in total. The van der Waals surface area contributed by atoms with E-state index in [0.29, 0.717) is 13.0 Å². The minimum absolute atomic E-state index is 0.0343. The van der Waals surface area contributed by atoms with Gasteiger partial charge in [-0.3, -0.25) is 14.5 Å². The maximum Gasteiger partial charge on any atom is 0.242 e. The van der Waals surface area contributed by atoms with Gasteiger partial charge in [0.15, 0.2) is 0 Å². The summed E-state index contributed by atoms with van der Waals surface area (Å²) in [6.45, 7) is 3.93. The molecule has 2 aromatic rings. The lowest BCUT2D eigenvalue weighted by atomic mass is 9.84. The van der Waals surface area contributed by atoms with Gasteiger partial charge in [-0.1, -0.05) is 48.5 Å². The number of rotatable bonds is 8. The van der Waals surface area contributed by atoms with Crippen LogP contribution in [0.15, 0.2) is 60.7 Å². The van der Waals surface area contributed by atoms with E-state index in [1.165, 1.54) is 11.3 Å². The predicted molar refractivity (Wildman–Crippen MR) is 123 cm³/mol. The smallest absolute Gasteiger partial charge is 0.242 e. The Morgan fingerprint density at radius 3 is 2.61 bits per heavy atom. The Bertz CT molecular complexity index is 889. The lowest BCUT2D eigenvalue weighted by molar-refractivity contribution is -0.128. The van der Waals surface area contributed by atoms with Gasteiger partial charge in [0.05, 0.1) is 5.41 Å². The molecule has 2 N–H and O–H groups in total. The highest BCUT2D eigenvalue weighted by Gasteiger charge is 2.52. The molecule has 0 saturated carbocycles. The zero-order valence-electron chi connectivity index (χ0n) is 18.2. The number of likely N-dealkylation sites (tertiary alicyclic amines) is 1. The van der Waals surface area contributed by atoms with Crippen LogP contribution < -0.4 is 15.5 Å². The molecular weight excluding hydrogens is 388 g/mol. The highest BCUT2D eigenvalue weighted by atomic mass is 16.2. The van der Waals surface area contributed by atoms with Crippen molar-refractivity contribution in [3.05, 3.63) is 66.2 Å². The topological polar surface area (TPSA) is 64.7 Å². The maximum atomic E-state index is 12.8. The zero-order valence-corrected chi connectivity index (χ0v) is 18.2. The lowest BCUT2D eigenvalue weighted by Gasteiger charge is -2.21. The van der Waals surface area contributed by atoms with E-state index < -0.39 is 11.5 Å². The molecule has 31 heavy (non-hydrogen) atoms. The molecule has 2 saturated heterocycles. The van der Waals surface area contributed by atoms with Gasteiger partial charge in [0, 0.05) is 38.9 Å². The molecule has 2 amide bonds. The number of anilines is 1. The first-order valence-electron chi connectivity index (χ1n) is 11.2. The summed E-state index contributed by atoms with van der Waals surface area (Å²) in [7, 11) is 2.05. The quantitative estimate of drug-likeness (QED) is 0.644. The molecule has 0 unspecified atom stereocenters. The van der Waals surface area contributed by atoms with E-state index >= 15 is 0 Å². The summed E-state index contributed by atoms with van der Waals surface area (Å²) in [5, 5.41) is 5.97. The van der Waals surface area contributed by atoms with E-state index in [1.807, 2.05) is 36.4 Å². The summed E-state index contributed by atoms with van der Waals surface area (Å²) in [6.07, 6.45) is 2.26. The Balaban J connectivity index is 1.22. The number of carbonyl (C=O) groups is 2. The van der Waals surface area contributed by atoms with Crippen molar-refractivity contribution in [2.24, 2.45) is 5.41 Å². The van der Waals surface area contributed by atoms with Gasteiger partial charge in [0.25, 0.3) is 0 Å². The molecular formula is C25H32N4O2. The summed E-state index contributed by atoms with van der Waals surface area (Å²) in [4.78, 5) is 29.9. The molecule has 164 valence electrons. The van der Waals surface area contributed by atoms with Crippen LogP contribution in [0.25, 0.3) is 0 Å². The Kier molecular flexibility index (Phi) is 6.56. The Morgan fingerprint density at radius 1 is 1.16 bits per heavy atom. The monoisotopic (exact) mass is 420 g/mol. The van der Waals surface area contributed by atoms with Crippen molar-refractivity contribution in [3.63, 3.8) is 0 Å². The average Bonchev–Trinajstić information content (AvgIpc) is 3.35. The molecule has 0 bridgehead atoms. The van der Waals surface area contributed by atoms with Crippen LogP contribution in [0.3, 0.4) is 0 Å². The molecule has 0 aliphatic carbocycles. The number of nitrogens with zero attached hydrogens (tertiary/aromatic N) is 2. The first-order chi connectivity index (χ1) is 15.1. The van der Waals surface area contributed by atoms with Crippen molar-refractivity contribution in [1.82, 2.24) is 15.5 Å². The van der Waals surface area contributed by atoms with Gasteiger partial charge in [-0.25, -0.2) is 0 Å². The lowest BCUT2D eigenvalue weighted by Crippen LogP contribution is -2.42. The normalized spacial score (nSPS) is 23.1. The van der Waals surface area contributed by atoms with Gasteiger partial charge in [0.1, 0.15) is 6.04 Å². The predicted octanol–water partition coefficient (Wildman–Crippen LogP) is 2.41. The number of para-hydroxylation sites is 1.